The van der Waals surface area contributed by atoms with Crippen LogP contribution in [0.5, 0.6) is 0 Å². The third-order valence-corrected chi connectivity index (χ3v) is 2.03. The zero-order valence-electron chi connectivity index (χ0n) is 9.29. The molecular weight excluding hydrogens is 192 g/mol. The maximum absolute atomic E-state index is 11.3. The zero-order chi connectivity index (χ0) is 11.1. The van der Waals surface area contributed by atoms with Crippen molar-refractivity contribution in [2.75, 3.05) is 11.9 Å². The van der Waals surface area contributed by atoms with Gasteiger partial charge in [0.2, 0.25) is 0 Å². The van der Waals surface area contributed by atoms with Crippen LogP contribution >= 0.6 is 0 Å². The summed E-state index contributed by atoms with van der Waals surface area (Å²) in [6.45, 7) is 5.60. The monoisotopic (exact) mass is 210 g/mol. The summed E-state index contributed by atoms with van der Waals surface area (Å²) >= 11 is 0. The fourth-order valence-corrected chi connectivity index (χ4v) is 1.16. The molecule has 0 aliphatic carbocycles. The second-order valence-corrected chi connectivity index (χ2v) is 3.32. The fourth-order valence-electron chi connectivity index (χ4n) is 1.16. The molecule has 0 saturated heterocycles. The molecule has 1 rings (SSSR count). The number of unbranched alkanes of at least 4 members (excludes halogenated alkanes) is 1. The number of hydrogen-bond acceptors (Lipinski definition) is 2. The quantitative estimate of drug-likeness (QED) is 0.728. The molecule has 5 nitrogen and oxygen atoms in total. The lowest BCUT2D eigenvalue weighted by Crippen LogP contribution is -2.29. The average molecular weight is 210 g/mol. The molecule has 0 aromatic carbocycles. The van der Waals surface area contributed by atoms with Crippen molar-refractivity contribution < 1.29 is 4.79 Å². The molecule has 0 spiro atoms. The van der Waals surface area contributed by atoms with Gasteiger partial charge in [-0.2, -0.15) is 5.10 Å². The molecule has 2 amide bonds. The molecule has 0 bridgehead atoms. The van der Waals surface area contributed by atoms with Crippen LogP contribution in [-0.4, -0.2) is 22.4 Å². The molecule has 0 saturated carbocycles. The Balaban J connectivity index is 2.31. The maximum Gasteiger partial charge on any atom is 0.319 e. The highest BCUT2D eigenvalue weighted by molar-refractivity contribution is 5.88. The van der Waals surface area contributed by atoms with Gasteiger partial charge in [-0.15, -0.1) is 0 Å². The van der Waals surface area contributed by atoms with Crippen molar-refractivity contribution in [1.29, 1.82) is 0 Å². The number of nitrogens with zero attached hydrogens (tertiary/aromatic N) is 2. The molecule has 1 aromatic rings. The van der Waals surface area contributed by atoms with E-state index in [1.54, 1.807) is 17.1 Å². The normalized spacial score (nSPS) is 10.0. The summed E-state index contributed by atoms with van der Waals surface area (Å²) in [5, 5.41) is 9.55. The number of hydrogen-bond donors (Lipinski definition) is 2. The summed E-state index contributed by atoms with van der Waals surface area (Å²) in [4.78, 5) is 11.3. The topological polar surface area (TPSA) is 59.0 Å². The van der Waals surface area contributed by atoms with Gasteiger partial charge in [0.15, 0.2) is 0 Å². The lowest BCUT2D eigenvalue weighted by molar-refractivity contribution is 0.252. The Morgan fingerprint density at radius 1 is 1.53 bits per heavy atom. The number of amides is 2. The van der Waals surface area contributed by atoms with Crippen LogP contribution in [-0.2, 0) is 6.54 Å². The van der Waals surface area contributed by atoms with Crippen molar-refractivity contribution in [2.45, 2.75) is 33.2 Å². The van der Waals surface area contributed by atoms with Crippen LogP contribution in [0, 0.1) is 0 Å². The van der Waals surface area contributed by atoms with Gasteiger partial charge in [-0.25, -0.2) is 4.79 Å². The minimum absolute atomic E-state index is 0.167. The Labute approximate surface area is 89.9 Å². The van der Waals surface area contributed by atoms with Crippen LogP contribution < -0.4 is 10.6 Å². The Hall–Kier alpha value is -1.52. The molecule has 0 fully saturated rings. The molecule has 1 aromatic heterocycles. The predicted octanol–water partition coefficient (Wildman–Crippen LogP) is 1.82. The van der Waals surface area contributed by atoms with Crippen molar-refractivity contribution in [1.82, 2.24) is 15.1 Å². The lowest BCUT2D eigenvalue weighted by atomic mass is 10.3. The number of aryl methyl sites for hydroxylation is 1. The second-order valence-electron chi connectivity index (χ2n) is 3.32. The molecule has 0 aliphatic rings. The third kappa shape index (κ3) is 4.01. The minimum atomic E-state index is -0.167. The predicted molar refractivity (Wildman–Crippen MR) is 59.8 cm³/mol. The van der Waals surface area contributed by atoms with Crippen LogP contribution in [0.25, 0.3) is 0 Å². The van der Waals surface area contributed by atoms with Gasteiger partial charge in [0, 0.05) is 19.3 Å². The third-order valence-electron chi connectivity index (χ3n) is 2.03. The largest absolute Gasteiger partial charge is 0.338 e. The van der Waals surface area contributed by atoms with Crippen molar-refractivity contribution in [3.63, 3.8) is 0 Å². The smallest absolute Gasteiger partial charge is 0.319 e. The van der Waals surface area contributed by atoms with Crippen LogP contribution in [0.4, 0.5) is 10.5 Å². The summed E-state index contributed by atoms with van der Waals surface area (Å²) in [6.07, 6.45) is 5.53. The van der Waals surface area contributed by atoms with E-state index >= 15 is 0 Å². The van der Waals surface area contributed by atoms with E-state index in [0.717, 1.165) is 25.1 Å². The van der Waals surface area contributed by atoms with E-state index in [4.69, 9.17) is 0 Å². The van der Waals surface area contributed by atoms with Crippen LogP contribution in [0.15, 0.2) is 12.4 Å². The number of rotatable bonds is 5. The van der Waals surface area contributed by atoms with Gasteiger partial charge in [0.05, 0.1) is 11.9 Å². The van der Waals surface area contributed by atoms with E-state index in [2.05, 4.69) is 22.7 Å². The summed E-state index contributed by atoms with van der Waals surface area (Å²) in [7, 11) is 0. The summed E-state index contributed by atoms with van der Waals surface area (Å²) in [5.41, 5.74) is 0.728. The van der Waals surface area contributed by atoms with Gasteiger partial charge >= 0.3 is 6.03 Å². The second kappa shape index (κ2) is 6.06. The Morgan fingerprint density at radius 2 is 2.33 bits per heavy atom. The van der Waals surface area contributed by atoms with E-state index in [9.17, 15) is 4.79 Å². The number of aromatic nitrogens is 2. The van der Waals surface area contributed by atoms with Crippen molar-refractivity contribution >= 4 is 11.7 Å². The van der Waals surface area contributed by atoms with Gasteiger partial charge in [0.25, 0.3) is 0 Å². The van der Waals surface area contributed by atoms with Gasteiger partial charge < -0.3 is 10.6 Å². The maximum atomic E-state index is 11.3. The van der Waals surface area contributed by atoms with Crippen LogP contribution in [0.3, 0.4) is 0 Å². The first-order valence-electron chi connectivity index (χ1n) is 5.33. The highest BCUT2D eigenvalue weighted by Gasteiger charge is 2.02. The van der Waals surface area contributed by atoms with Gasteiger partial charge in [0.1, 0.15) is 0 Å². The zero-order valence-corrected chi connectivity index (χ0v) is 9.29. The number of carbonyl (C=O) groups excluding carboxylic acids is 1. The van der Waals surface area contributed by atoms with E-state index in [-0.39, 0.29) is 6.03 Å². The van der Waals surface area contributed by atoms with Crippen LogP contribution in [0.1, 0.15) is 26.7 Å². The van der Waals surface area contributed by atoms with E-state index < -0.39 is 0 Å². The molecule has 15 heavy (non-hydrogen) atoms. The van der Waals surface area contributed by atoms with E-state index in [0.29, 0.717) is 6.54 Å². The fraction of sp³-hybridized carbons (Fsp3) is 0.600. The van der Waals surface area contributed by atoms with Gasteiger partial charge in [-0.05, 0) is 13.3 Å². The molecule has 84 valence electrons. The minimum Gasteiger partial charge on any atom is -0.338 e. The molecule has 5 heteroatoms. The van der Waals surface area contributed by atoms with Gasteiger partial charge in [-0.3, -0.25) is 4.68 Å². The van der Waals surface area contributed by atoms with Crippen molar-refractivity contribution in [3.8, 4) is 0 Å². The first-order valence-corrected chi connectivity index (χ1v) is 5.33. The average Bonchev–Trinajstić information content (AvgIpc) is 2.66. The number of nitrogens with one attached hydrogen (secondary N) is 2. The first-order chi connectivity index (χ1) is 7.26. The first kappa shape index (κ1) is 11.6. The van der Waals surface area contributed by atoms with Gasteiger partial charge in [-0.1, -0.05) is 13.3 Å². The lowest BCUT2D eigenvalue weighted by Gasteiger charge is -2.04. The highest BCUT2D eigenvalue weighted by atomic mass is 16.2. The molecular formula is C10H18N4O. The molecule has 0 unspecified atom stereocenters. The number of urea groups is 1. The Kier molecular flexibility index (Phi) is 4.66. The molecule has 0 aliphatic heterocycles. The number of carbonyl (C=O) groups is 1. The van der Waals surface area contributed by atoms with Crippen LogP contribution in [0.2, 0.25) is 0 Å². The molecule has 2 N–H and O–H groups in total. The number of anilines is 1. The molecule has 0 radical (unpaired) electrons. The SMILES string of the molecule is CCCCNC(=O)Nc1cnn(CC)c1. The summed E-state index contributed by atoms with van der Waals surface area (Å²) < 4.78 is 1.77. The highest BCUT2D eigenvalue weighted by Crippen LogP contribution is 2.03. The molecule has 1 heterocycles. The van der Waals surface area contributed by atoms with Crippen molar-refractivity contribution in [2.24, 2.45) is 0 Å². The summed E-state index contributed by atoms with van der Waals surface area (Å²) in [6, 6.07) is -0.167. The van der Waals surface area contributed by atoms with E-state index in [1.807, 2.05) is 6.92 Å². The van der Waals surface area contributed by atoms with E-state index in [1.165, 1.54) is 0 Å². The summed E-state index contributed by atoms with van der Waals surface area (Å²) in [5.74, 6) is 0. The Morgan fingerprint density at radius 3 is 2.93 bits per heavy atom. The van der Waals surface area contributed by atoms with Crippen molar-refractivity contribution in [3.05, 3.63) is 12.4 Å². The molecule has 0 atom stereocenters. The Bertz CT molecular complexity index is 308. The standard InChI is InChI=1S/C10H18N4O/c1-3-5-6-11-10(15)13-9-7-12-14(4-2)8-9/h7-8H,3-6H2,1-2H3,(H2,11,13,15).